The third-order valence-electron chi connectivity index (χ3n) is 2.58. The molecule has 2 heterocycles. The number of para-hydroxylation sites is 1. The minimum Gasteiger partial charge on any atom is -0.463 e. The Hall–Kier alpha value is -2.04. The maximum absolute atomic E-state index is 5.32. The quantitative estimate of drug-likeness (QED) is 0.783. The van der Waals surface area contributed by atoms with E-state index in [0.29, 0.717) is 12.6 Å². The topological polar surface area (TPSA) is 51.4 Å². The summed E-state index contributed by atoms with van der Waals surface area (Å²) >= 11 is 0. The molecule has 0 saturated carbocycles. The Bertz CT molecular complexity index is 558. The molecular formula is C11H12N4O. The van der Waals surface area contributed by atoms with E-state index in [2.05, 4.69) is 15.3 Å². The molecule has 0 saturated heterocycles. The fraction of sp³-hybridized carbons (Fsp3) is 0.273. The van der Waals surface area contributed by atoms with Crippen LogP contribution in [0.2, 0.25) is 0 Å². The highest BCUT2D eigenvalue weighted by Crippen LogP contribution is 2.21. The van der Waals surface area contributed by atoms with Crippen LogP contribution in [0.5, 0.6) is 0 Å². The van der Waals surface area contributed by atoms with Gasteiger partial charge in [0, 0.05) is 7.05 Å². The van der Waals surface area contributed by atoms with Crippen LogP contribution < -0.4 is 5.32 Å². The Morgan fingerprint density at radius 1 is 1.44 bits per heavy atom. The van der Waals surface area contributed by atoms with Crippen molar-refractivity contribution in [1.82, 2.24) is 9.55 Å². The van der Waals surface area contributed by atoms with E-state index < -0.39 is 0 Å². The van der Waals surface area contributed by atoms with Gasteiger partial charge in [-0.05, 0) is 12.1 Å². The van der Waals surface area contributed by atoms with Gasteiger partial charge in [0.25, 0.3) is 6.02 Å². The SMILES string of the molecule is Cn1cnc2c(NC3=NCCO3)cccc21. The van der Waals surface area contributed by atoms with Crippen molar-refractivity contribution >= 4 is 22.7 Å². The van der Waals surface area contributed by atoms with Gasteiger partial charge < -0.3 is 14.6 Å². The van der Waals surface area contributed by atoms with Crippen molar-refractivity contribution in [3.63, 3.8) is 0 Å². The molecule has 0 aliphatic carbocycles. The molecule has 0 bridgehead atoms. The molecule has 0 atom stereocenters. The number of ether oxygens (including phenoxy) is 1. The number of hydrogen-bond acceptors (Lipinski definition) is 4. The van der Waals surface area contributed by atoms with Gasteiger partial charge in [0.1, 0.15) is 12.1 Å². The molecule has 16 heavy (non-hydrogen) atoms. The monoisotopic (exact) mass is 216 g/mol. The second kappa shape index (κ2) is 3.52. The van der Waals surface area contributed by atoms with Crippen molar-refractivity contribution in [2.75, 3.05) is 18.5 Å². The number of aliphatic imine (C=N–C) groups is 1. The highest BCUT2D eigenvalue weighted by molar-refractivity contribution is 5.99. The van der Waals surface area contributed by atoms with Crippen LogP contribution in [-0.2, 0) is 11.8 Å². The van der Waals surface area contributed by atoms with E-state index in [9.17, 15) is 0 Å². The Labute approximate surface area is 92.8 Å². The number of benzene rings is 1. The maximum Gasteiger partial charge on any atom is 0.289 e. The molecule has 2 aromatic rings. The van der Waals surface area contributed by atoms with Gasteiger partial charge in [0.2, 0.25) is 0 Å². The first-order chi connectivity index (χ1) is 7.84. The summed E-state index contributed by atoms with van der Waals surface area (Å²) in [4.78, 5) is 8.54. The predicted molar refractivity (Wildman–Crippen MR) is 62.6 cm³/mol. The average Bonchev–Trinajstić information content (AvgIpc) is 2.90. The molecule has 5 nitrogen and oxygen atoms in total. The lowest BCUT2D eigenvalue weighted by Gasteiger charge is -2.06. The number of aromatic nitrogens is 2. The highest BCUT2D eigenvalue weighted by Gasteiger charge is 2.10. The number of aryl methyl sites for hydroxylation is 1. The first kappa shape index (κ1) is 9.21. The van der Waals surface area contributed by atoms with Crippen molar-refractivity contribution < 1.29 is 4.74 Å². The van der Waals surface area contributed by atoms with Gasteiger partial charge in [-0.25, -0.2) is 9.98 Å². The molecule has 0 radical (unpaired) electrons. The van der Waals surface area contributed by atoms with Crippen LogP contribution in [-0.4, -0.2) is 28.7 Å². The molecule has 0 spiro atoms. The number of rotatable bonds is 1. The molecule has 1 N–H and O–H groups in total. The number of imidazole rings is 1. The van der Waals surface area contributed by atoms with E-state index in [1.807, 2.05) is 29.8 Å². The van der Waals surface area contributed by atoms with Crippen molar-refractivity contribution in [3.05, 3.63) is 24.5 Å². The first-order valence-corrected chi connectivity index (χ1v) is 5.19. The largest absolute Gasteiger partial charge is 0.463 e. The zero-order valence-electron chi connectivity index (χ0n) is 8.97. The number of nitrogens with one attached hydrogen (secondary N) is 1. The van der Waals surface area contributed by atoms with E-state index in [1.54, 1.807) is 6.33 Å². The molecule has 0 unspecified atom stereocenters. The molecule has 0 amide bonds. The maximum atomic E-state index is 5.32. The van der Waals surface area contributed by atoms with E-state index >= 15 is 0 Å². The number of fused-ring (bicyclic) bond motifs is 1. The lowest BCUT2D eigenvalue weighted by atomic mass is 10.2. The van der Waals surface area contributed by atoms with Crippen LogP contribution in [0.3, 0.4) is 0 Å². The van der Waals surface area contributed by atoms with Crippen LogP contribution in [0.25, 0.3) is 11.0 Å². The summed E-state index contributed by atoms with van der Waals surface area (Å²) in [5.74, 6) is 0. The lowest BCUT2D eigenvalue weighted by Crippen LogP contribution is -2.12. The molecule has 5 heteroatoms. The number of hydrogen-bond donors (Lipinski definition) is 1. The van der Waals surface area contributed by atoms with E-state index in [-0.39, 0.29) is 0 Å². The van der Waals surface area contributed by atoms with Gasteiger partial charge in [-0.15, -0.1) is 0 Å². The summed E-state index contributed by atoms with van der Waals surface area (Å²) < 4.78 is 7.30. The molecular weight excluding hydrogens is 204 g/mol. The summed E-state index contributed by atoms with van der Waals surface area (Å²) in [6, 6.07) is 6.57. The third-order valence-corrected chi connectivity index (χ3v) is 2.58. The fourth-order valence-corrected chi connectivity index (χ4v) is 1.78. The summed E-state index contributed by atoms with van der Waals surface area (Å²) in [6.07, 6.45) is 1.80. The number of anilines is 1. The van der Waals surface area contributed by atoms with Gasteiger partial charge in [0.15, 0.2) is 0 Å². The van der Waals surface area contributed by atoms with Gasteiger partial charge in [-0.2, -0.15) is 0 Å². The lowest BCUT2D eigenvalue weighted by molar-refractivity contribution is 0.346. The second-order valence-electron chi connectivity index (χ2n) is 3.69. The van der Waals surface area contributed by atoms with Crippen molar-refractivity contribution in [3.8, 4) is 0 Å². The first-order valence-electron chi connectivity index (χ1n) is 5.19. The van der Waals surface area contributed by atoms with Crippen LogP contribution in [0.4, 0.5) is 5.69 Å². The summed E-state index contributed by atoms with van der Waals surface area (Å²) in [7, 11) is 1.97. The van der Waals surface area contributed by atoms with Crippen molar-refractivity contribution in [1.29, 1.82) is 0 Å². The average molecular weight is 216 g/mol. The Balaban J connectivity index is 2.02. The van der Waals surface area contributed by atoms with Gasteiger partial charge in [0.05, 0.1) is 24.1 Å². The normalized spacial score (nSPS) is 14.9. The number of nitrogens with zero attached hydrogens (tertiary/aromatic N) is 3. The molecule has 1 aromatic carbocycles. The standard InChI is InChI=1S/C11H12N4O/c1-15-7-13-10-8(3-2-4-9(10)15)14-11-12-5-6-16-11/h2-4,7H,5-6H2,1H3,(H,12,14). The second-order valence-corrected chi connectivity index (χ2v) is 3.69. The Kier molecular flexibility index (Phi) is 2.02. The minimum absolute atomic E-state index is 0.582. The molecule has 1 aliphatic rings. The van der Waals surface area contributed by atoms with E-state index in [0.717, 1.165) is 23.3 Å². The fourth-order valence-electron chi connectivity index (χ4n) is 1.78. The van der Waals surface area contributed by atoms with Gasteiger partial charge >= 0.3 is 0 Å². The van der Waals surface area contributed by atoms with Crippen LogP contribution in [0, 0.1) is 0 Å². The van der Waals surface area contributed by atoms with Crippen LogP contribution in [0.1, 0.15) is 0 Å². The predicted octanol–water partition coefficient (Wildman–Crippen LogP) is 1.37. The summed E-state index contributed by atoms with van der Waals surface area (Å²) in [6.45, 7) is 1.38. The molecule has 1 aliphatic heterocycles. The number of amidine groups is 1. The highest BCUT2D eigenvalue weighted by atomic mass is 16.5. The van der Waals surface area contributed by atoms with E-state index in [1.165, 1.54) is 0 Å². The molecule has 1 aromatic heterocycles. The Morgan fingerprint density at radius 2 is 2.38 bits per heavy atom. The van der Waals surface area contributed by atoms with E-state index in [4.69, 9.17) is 4.74 Å². The Morgan fingerprint density at radius 3 is 3.19 bits per heavy atom. The molecule has 82 valence electrons. The zero-order chi connectivity index (χ0) is 11.0. The smallest absolute Gasteiger partial charge is 0.289 e. The van der Waals surface area contributed by atoms with Gasteiger partial charge in [-0.3, -0.25) is 0 Å². The molecule has 0 fully saturated rings. The van der Waals surface area contributed by atoms with Crippen molar-refractivity contribution in [2.24, 2.45) is 12.0 Å². The third kappa shape index (κ3) is 1.41. The zero-order valence-corrected chi connectivity index (χ0v) is 8.97. The van der Waals surface area contributed by atoms with Gasteiger partial charge in [-0.1, -0.05) is 6.07 Å². The van der Waals surface area contributed by atoms with Crippen molar-refractivity contribution in [2.45, 2.75) is 0 Å². The molecule has 3 rings (SSSR count). The summed E-state index contributed by atoms with van der Waals surface area (Å²) in [5, 5.41) is 3.15. The summed E-state index contributed by atoms with van der Waals surface area (Å²) in [5.41, 5.74) is 2.95. The minimum atomic E-state index is 0.582. The van der Waals surface area contributed by atoms with Crippen LogP contribution in [0.15, 0.2) is 29.5 Å². The van der Waals surface area contributed by atoms with Crippen LogP contribution >= 0.6 is 0 Å².